The molecule has 2 aliphatic heterocycles. The number of hydrogen-bond acceptors (Lipinski definition) is 20. The number of H-pyrrole nitrogens is 1. The van der Waals surface area contributed by atoms with E-state index in [4.69, 9.17) is 43.6 Å². The van der Waals surface area contributed by atoms with E-state index in [1.807, 2.05) is 24.3 Å². The lowest BCUT2D eigenvalue weighted by Gasteiger charge is -2.23. The second kappa shape index (κ2) is 19.4. The number of carbonyl (C=O) groups excluding carboxylic acids is 6. The van der Waals surface area contributed by atoms with Crippen LogP contribution in [0.2, 0.25) is 0 Å². The number of nitrogen functional groups attached to an aromatic ring is 1. The second-order valence-electron chi connectivity index (χ2n) is 15.7. The van der Waals surface area contributed by atoms with Gasteiger partial charge in [-0.05, 0) is 51.7 Å². The molecule has 8 rings (SSSR count). The van der Waals surface area contributed by atoms with Crippen molar-refractivity contribution in [3.63, 3.8) is 0 Å². The van der Waals surface area contributed by atoms with Crippen molar-refractivity contribution >= 4 is 74.3 Å². The van der Waals surface area contributed by atoms with E-state index in [9.17, 15) is 38.4 Å². The fourth-order valence-corrected chi connectivity index (χ4v) is 7.98. The number of carbonyl (C=O) groups is 6. The number of fused-ring (bicyclic) bond motifs is 3. The van der Waals surface area contributed by atoms with Crippen molar-refractivity contribution in [3.05, 3.63) is 104 Å². The Bertz CT molecular complexity index is 3430. The summed E-state index contributed by atoms with van der Waals surface area (Å²) < 4.78 is 46.4. The fraction of sp³-hybridized carbons (Fsp3) is 0.298. The summed E-state index contributed by atoms with van der Waals surface area (Å²) >= 11 is 0. The molecule has 0 saturated carbocycles. The zero-order chi connectivity index (χ0) is 50.1. The van der Waals surface area contributed by atoms with Gasteiger partial charge in [-0.1, -0.05) is 42.0 Å². The Morgan fingerprint density at radius 1 is 0.614 bits per heavy atom. The summed E-state index contributed by atoms with van der Waals surface area (Å²) in [4.78, 5) is 115. The SMILES string of the molecule is CC(=O)OC1OC(n2cc(C#Cc3cccc4cc5cccc(C#Cc6nc7c(N)ncnc7n6C6OC(OC(C)=O)C(OC(C)=O)C6OC(C)=O)c5cc34)c(=O)[nH]c2=O)C(OC(C)=O)C1OC(C)=O. The number of esters is 6. The van der Waals surface area contributed by atoms with Crippen molar-refractivity contribution < 1.29 is 66.7 Å². The molecule has 8 atom stereocenters. The van der Waals surface area contributed by atoms with E-state index in [2.05, 4.69) is 43.6 Å². The van der Waals surface area contributed by atoms with Crippen molar-refractivity contribution in [1.29, 1.82) is 0 Å². The van der Waals surface area contributed by atoms with Gasteiger partial charge in [0.15, 0.2) is 47.5 Å². The van der Waals surface area contributed by atoms with Crippen LogP contribution in [0.15, 0.2) is 70.6 Å². The molecule has 5 heterocycles. The van der Waals surface area contributed by atoms with Gasteiger partial charge < -0.3 is 43.6 Å². The number of ether oxygens (including phenoxy) is 8. The number of aromatic amines is 1. The van der Waals surface area contributed by atoms with Crippen molar-refractivity contribution in [2.75, 3.05) is 5.73 Å². The summed E-state index contributed by atoms with van der Waals surface area (Å²) in [6.45, 7) is 6.61. The molecule has 23 nitrogen and oxygen atoms in total. The standard InChI is InChI=1S/C47H39N7O16/c1-21(55)63-36-38(65-23(3)57)45(67-25(5)59)69-43(36)53-19-31(42(61)52-47(53)62)14-13-27-9-7-11-29-17-30-12-8-10-28(33(30)18-32(27)29)15-16-34-51-35-40(48)49-20-50-41(35)54(34)44-37(64-22(2)56)39(66-24(4)58)46(70-44)68-26(6)60/h7-12,17-20,36-39,43-46H,1-6H3,(H2,48,49,50)(H,52,61,62). The van der Waals surface area contributed by atoms with Gasteiger partial charge in [0, 0.05) is 58.9 Å². The predicted molar refractivity (Wildman–Crippen MR) is 238 cm³/mol. The number of aromatic nitrogens is 6. The Kier molecular flexibility index (Phi) is 13.1. The first-order valence-electron chi connectivity index (χ1n) is 21.0. The van der Waals surface area contributed by atoms with Crippen molar-refractivity contribution in [2.24, 2.45) is 0 Å². The second-order valence-corrected chi connectivity index (χ2v) is 15.7. The molecule has 70 heavy (non-hydrogen) atoms. The van der Waals surface area contributed by atoms with Crippen LogP contribution in [-0.4, -0.2) is 102 Å². The molecule has 23 heteroatoms. The number of benzene rings is 3. The topological polar surface area (TPSA) is 301 Å². The highest BCUT2D eigenvalue weighted by atomic mass is 16.8. The van der Waals surface area contributed by atoms with Gasteiger partial charge in [0.1, 0.15) is 11.9 Å². The van der Waals surface area contributed by atoms with Crippen LogP contribution in [0.4, 0.5) is 5.82 Å². The number of nitrogens with two attached hydrogens (primary N) is 1. The maximum absolute atomic E-state index is 13.3. The first-order valence-corrected chi connectivity index (χ1v) is 21.0. The molecule has 0 bridgehead atoms. The Morgan fingerprint density at radius 3 is 1.64 bits per heavy atom. The van der Waals surface area contributed by atoms with Gasteiger partial charge in [0.05, 0.1) is 0 Å². The summed E-state index contributed by atoms with van der Waals surface area (Å²) in [7, 11) is 0. The lowest BCUT2D eigenvalue weighted by atomic mass is 9.97. The number of nitrogens with zero attached hydrogens (tertiary/aromatic N) is 5. The van der Waals surface area contributed by atoms with Gasteiger partial charge in [0.25, 0.3) is 5.56 Å². The molecule has 6 aromatic rings. The first-order chi connectivity index (χ1) is 33.4. The molecule has 3 aromatic carbocycles. The molecule has 2 saturated heterocycles. The molecule has 3 N–H and O–H groups in total. The van der Waals surface area contributed by atoms with Crippen LogP contribution in [-0.2, 0) is 66.7 Å². The molecule has 0 amide bonds. The molecule has 0 spiro atoms. The molecule has 3 aromatic heterocycles. The molecule has 2 fully saturated rings. The summed E-state index contributed by atoms with van der Waals surface area (Å²) in [5, 5.41) is 2.83. The smallest absolute Gasteiger partial charge is 0.330 e. The minimum absolute atomic E-state index is 0.00344. The van der Waals surface area contributed by atoms with E-state index in [1.54, 1.807) is 24.3 Å². The van der Waals surface area contributed by atoms with Crippen LogP contribution in [0, 0.1) is 23.7 Å². The van der Waals surface area contributed by atoms with E-state index >= 15 is 0 Å². The normalized spacial score (nSPS) is 21.5. The average molecular weight is 958 g/mol. The minimum atomic E-state index is -1.59. The fourth-order valence-electron chi connectivity index (χ4n) is 7.98. The highest BCUT2D eigenvalue weighted by molar-refractivity contribution is 6.03. The number of anilines is 1. The van der Waals surface area contributed by atoms with Gasteiger partial charge in [-0.25, -0.2) is 19.7 Å². The van der Waals surface area contributed by atoms with E-state index in [0.717, 1.165) is 63.1 Å². The van der Waals surface area contributed by atoms with Crippen LogP contribution in [0.3, 0.4) is 0 Å². The monoisotopic (exact) mass is 957 g/mol. The van der Waals surface area contributed by atoms with E-state index in [-0.39, 0.29) is 28.4 Å². The molecular weight excluding hydrogens is 919 g/mol. The molecule has 0 aliphatic carbocycles. The number of imidazole rings is 1. The Morgan fingerprint density at radius 2 is 1.10 bits per heavy atom. The average Bonchev–Trinajstić information content (AvgIpc) is 3.91. The van der Waals surface area contributed by atoms with E-state index < -0.39 is 96.5 Å². The summed E-state index contributed by atoms with van der Waals surface area (Å²) in [6.07, 6.45) is -9.58. The maximum Gasteiger partial charge on any atom is 0.330 e. The first kappa shape index (κ1) is 47.6. The summed E-state index contributed by atoms with van der Waals surface area (Å²) in [5.41, 5.74) is 5.30. The van der Waals surface area contributed by atoms with Crippen LogP contribution < -0.4 is 17.0 Å². The summed E-state index contributed by atoms with van der Waals surface area (Å²) in [6, 6.07) is 14.5. The zero-order valence-corrected chi connectivity index (χ0v) is 37.7. The molecular formula is C47H39N7O16. The molecule has 8 unspecified atom stereocenters. The number of rotatable bonds is 8. The van der Waals surface area contributed by atoms with Gasteiger partial charge in [0.2, 0.25) is 24.8 Å². The van der Waals surface area contributed by atoms with E-state index in [1.165, 1.54) is 10.9 Å². The lowest BCUT2D eigenvalue weighted by Crippen LogP contribution is -2.42. The highest BCUT2D eigenvalue weighted by Crippen LogP contribution is 2.38. The molecule has 358 valence electrons. The third-order valence-electron chi connectivity index (χ3n) is 10.6. The zero-order valence-electron chi connectivity index (χ0n) is 37.7. The van der Waals surface area contributed by atoms with Gasteiger partial charge >= 0.3 is 41.5 Å². The third-order valence-corrected chi connectivity index (χ3v) is 10.6. The quantitative estimate of drug-likeness (QED) is 0.0953. The van der Waals surface area contributed by atoms with Crippen molar-refractivity contribution in [1.82, 2.24) is 29.1 Å². The van der Waals surface area contributed by atoms with Crippen molar-refractivity contribution in [2.45, 2.75) is 91.0 Å². The van der Waals surface area contributed by atoms with Gasteiger partial charge in [-0.15, -0.1) is 0 Å². The predicted octanol–water partition coefficient (Wildman–Crippen LogP) is 1.93. The van der Waals surface area contributed by atoms with Crippen LogP contribution in [0.1, 0.15) is 76.5 Å². The summed E-state index contributed by atoms with van der Waals surface area (Å²) in [5.74, 6) is 7.18. The third kappa shape index (κ3) is 9.73. The largest absolute Gasteiger partial charge is 0.453 e. The van der Waals surface area contributed by atoms with E-state index in [0.29, 0.717) is 21.9 Å². The van der Waals surface area contributed by atoms with Crippen LogP contribution in [0.25, 0.3) is 32.7 Å². The Labute approximate surface area is 394 Å². The van der Waals surface area contributed by atoms with Gasteiger partial charge in [-0.3, -0.25) is 47.7 Å². The van der Waals surface area contributed by atoms with Gasteiger partial charge in [-0.2, -0.15) is 0 Å². The maximum atomic E-state index is 13.3. The Hall–Kier alpha value is -8.93. The number of hydrogen-bond donors (Lipinski definition) is 2. The molecule has 0 radical (unpaired) electrons. The minimum Gasteiger partial charge on any atom is -0.453 e. The van der Waals surface area contributed by atoms with Crippen molar-refractivity contribution in [3.8, 4) is 23.7 Å². The van der Waals surface area contributed by atoms with Crippen LogP contribution in [0.5, 0.6) is 0 Å². The number of nitrogens with one attached hydrogen (secondary N) is 1. The Balaban J connectivity index is 1.20. The molecule has 2 aliphatic rings. The highest BCUT2D eigenvalue weighted by Gasteiger charge is 2.54. The van der Waals surface area contributed by atoms with Crippen LogP contribution >= 0.6 is 0 Å². The lowest BCUT2D eigenvalue weighted by molar-refractivity contribution is -0.199.